The zero-order valence-electron chi connectivity index (χ0n) is 12.2. The number of nitriles is 1. The van der Waals surface area contributed by atoms with E-state index in [4.69, 9.17) is 20.1 Å². The molecule has 2 aromatic rings. The zero-order valence-corrected chi connectivity index (χ0v) is 12.2. The van der Waals surface area contributed by atoms with E-state index in [1.165, 1.54) is 6.26 Å². The van der Waals surface area contributed by atoms with Crippen molar-refractivity contribution in [2.75, 3.05) is 12.8 Å². The van der Waals surface area contributed by atoms with E-state index < -0.39 is 0 Å². The highest BCUT2D eigenvalue weighted by atomic mass is 16.5. The normalized spacial score (nSPS) is 11.2. The van der Waals surface area contributed by atoms with Crippen molar-refractivity contribution in [2.24, 2.45) is 0 Å². The third-order valence-corrected chi connectivity index (χ3v) is 3.25. The van der Waals surface area contributed by atoms with Gasteiger partial charge in [-0.3, -0.25) is 0 Å². The van der Waals surface area contributed by atoms with Gasteiger partial charge in [-0.15, -0.1) is 0 Å². The average Bonchev–Trinajstić information content (AvgIpc) is 2.78. The molecule has 0 saturated carbocycles. The number of benzene rings is 1. The number of hydrogen-bond acceptors (Lipinski definition) is 4. The van der Waals surface area contributed by atoms with Gasteiger partial charge in [0, 0.05) is 11.1 Å². The van der Waals surface area contributed by atoms with Crippen LogP contribution in [0, 0.1) is 11.3 Å². The van der Waals surface area contributed by atoms with Gasteiger partial charge < -0.3 is 14.9 Å². The highest BCUT2D eigenvalue weighted by Crippen LogP contribution is 2.37. The lowest BCUT2D eigenvalue weighted by Crippen LogP contribution is -2.12. The molecular formula is C16H18N2O2. The summed E-state index contributed by atoms with van der Waals surface area (Å²) in [4.78, 5) is 0. The fraction of sp³-hybridized carbons (Fsp3) is 0.312. The molecule has 0 atom stereocenters. The number of nitrogens with two attached hydrogens (primary N) is 1. The molecule has 1 aromatic heterocycles. The summed E-state index contributed by atoms with van der Waals surface area (Å²) in [6.45, 7) is 6.34. The lowest BCUT2D eigenvalue weighted by atomic mass is 9.84. The maximum absolute atomic E-state index is 9.16. The van der Waals surface area contributed by atoms with E-state index in [9.17, 15) is 0 Å². The first-order valence-electron chi connectivity index (χ1n) is 6.34. The monoisotopic (exact) mass is 270 g/mol. The van der Waals surface area contributed by atoms with Gasteiger partial charge in [0.05, 0.1) is 7.11 Å². The smallest absolute Gasteiger partial charge is 0.208 e. The van der Waals surface area contributed by atoms with Gasteiger partial charge in [-0.25, -0.2) is 0 Å². The number of furan rings is 1. The van der Waals surface area contributed by atoms with Crippen molar-refractivity contribution in [1.82, 2.24) is 0 Å². The molecule has 0 fully saturated rings. The van der Waals surface area contributed by atoms with Crippen LogP contribution in [0.1, 0.15) is 31.9 Å². The zero-order chi connectivity index (χ0) is 14.9. The maximum Gasteiger partial charge on any atom is 0.208 e. The highest BCUT2D eigenvalue weighted by molar-refractivity contribution is 5.75. The Morgan fingerprint density at radius 2 is 2.00 bits per heavy atom. The van der Waals surface area contributed by atoms with Crippen LogP contribution in [0.4, 0.5) is 5.88 Å². The summed E-state index contributed by atoms with van der Waals surface area (Å²) in [6, 6.07) is 7.90. The van der Waals surface area contributed by atoms with Crippen molar-refractivity contribution >= 4 is 5.88 Å². The quantitative estimate of drug-likeness (QED) is 0.903. The minimum absolute atomic E-state index is 0.0660. The van der Waals surface area contributed by atoms with E-state index in [1.54, 1.807) is 7.11 Å². The Morgan fingerprint density at radius 1 is 1.30 bits per heavy atom. The summed E-state index contributed by atoms with van der Waals surface area (Å²) in [5.41, 5.74) is 8.63. The van der Waals surface area contributed by atoms with Crippen LogP contribution in [0.3, 0.4) is 0 Å². The molecule has 20 heavy (non-hydrogen) atoms. The fourth-order valence-corrected chi connectivity index (χ4v) is 2.16. The van der Waals surface area contributed by atoms with Crippen molar-refractivity contribution in [3.05, 3.63) is 35.6 Å². The van der Waals surface area contributed by atoms with Gasteiger partial charge in [0.2, 0.25) is 5.88 Å². The molecule has 0 bridgehead atoms. The maximum atomic E-state index is 9.16. The molecule has 0 aliphatic heterocycles. The molecule has 4 nitrogen and oxygen atoms in total. The molecule has 2 N–H and O–H groups in total. The highest BCUT2D eigenvalue weighted by Gasteiger charge is 2.21. The topological polar surface area (TPSA) is 72.2 Å². The Labute approximate surface area is 118 Å². The van der Waals surface area contributed by atoms with Gasteiger partial charge in [-0.1, -0.05) is 26.8 Å². The molecule has 0 unspecified atom stereocenters. The summed E-state index contributed by atoms with van der Waals surface area (Å²) in [5, 5.41) is 9.16. The Morgan fingerprint density at radius 3 is 2.55 bits per heavy atom. The third-order valence-electron chi connectivity index (χ3n) is 3.25. The van der Waals surface area contributed by atoms with Gasteiger partial charge >= 0.3 is 0 Å². The van der Waals surface area contributed by atoms with E-state index in [0.717, 1.165) is 16.9 Å². The number of nitrogens with zero attached hydrogens (tertiary/aromatic N) is 1. The number of methoxy groups -OCH3 is 1. The summed E-state index contributed by atoms with van der Waals surface area (Å²) in [5.74, 6) is 0.979. The van der Waals surface area contributed by atoms with Gasteiger partial charge in [0.1, 0.15) is 23.6 Å². The lowest BCUT2D eigenvalue weighted by molar-refractivity contribution is 0.397. The second kappa shape index (κ2) is 4.93. The first kappa shape index (κ1) is 14.0. The van der Waals surface area contributed by atoms with Crippen LogP contribution < -0.4 is 10.5 Å². The van der Waals surface area contributed by atoms with Crippen LogP contribution in [0.25, 0.3) is 11.1 Å². The molecule has 0 saturated heterocycles. The first-order valence-corrected chi connectivity index (χ1v) is 6.34. The number of nitrogen functional groups attached to an aromatic ring is 1. The summed E-state index contributed by atoms with van der Waals surface area (Å²) in [6.07, 6.45) is 1.52. The van der Waals surface area contributed by atoms with E-state index in [2.05, 4.69) is 26.8 Å². The van der Waals surface area contributed by atoms with Crippen LogP contribution in [-0.4, -0.2) is 7.11 Å². The Balaban J connectivity index is 2.63. The van der Waals surface area contributed by atoms with Crippen molar-refractivity contribution in [1.29, 1.82) is 5.26 Å². The number of anilines is 1. The molecular weight excluding hydrogens is 252 g/mol. The second-order valence-electron chi connectivity index (χ2n) is 5.67. The fourth-order valence-electron chi connectivity index (χ4n) is 2.16. The van der Waals surface area contributed by atoms with Crippen molar-refractivity contribution < 1.29 is 9.15 Å². The van der Waals surface area contributed by atoms with Gasteiger partial charge in [-0.05, 0) is 23.1 Å². The SMILES string of the molecule is COc1ccc(-c2coc(N)c2C#N)cc1C(C)(C)C. The predicted octanol–water partition coefficient (Wildman–Crippen LogP) is 3.71. The molecule has 0 spiro atoms. The van der Waals surface area contributed by atoms with Crippen LogP contribution >= 0.6 is 0 Å². The van der Waals surface area contributed by atoms with E-state index in [1.807, 2.05) is 18.2 Å². The van der Waals surface area contributed by atoms with E-state index >= 15 is 0 Å². The summed E-state index contributed by atoms with van der Waals surface area (Å²) < 4.78 is 10.6. The van der Waals surface area contributed by atoms with Crippen LogP contribution in [0.2, 0.25) is 0 Å². The van der Waals surface area contributed by atoms with E-state index in [-0.39, 0.29) is 11.3 Å². The van der Waals surface area contributed by atoms with Crippen molar-refractivity contribution in [3.8, 4) is 22.9 Å². The van der Waals surface area contributed by atoms with Crippen LogP contribution in [0.5, 0.6) is 5.75 Å². The van der Waals surface area contributed by atoms with E-state index in [0.29, 0.717) is 11.1 Å². The third kappa shape index (κ3) is 2.35. The Hall–Kier alpha value is -2.41. The summed E-state index contributed by atoms with van der Waals surface area (Å²) >= 11 is 0. The first-order chi connectivity index (χ1) is 9.38. The lowest BCUT2D eigenvalue weighted by Gasteiger charge is -2.22. The molecule has 104 valence electrons. The summed E-state index contributed by atoms with van der Waals surface area (Å²) in [7, 11) is 1.65. The molecule has 1 aromatic carbocycles. The number of rotatable bonds is 2. The molecule has 0 radical (unpaired) electrons. The standard InChI is InChI=1S/C16H18N2O2/c1-16(2,3)13-7-10(5-6-14(13)19-4)12-9-20-15(18)11(12)8-17/h5-7,9H,18H2,1-4H3. The number of hydrogen-bond donors (Lipinski definition) is 1. The van der Waals surface area contributed by atoms with Crippen LogP contribution in [0.15, 0.2) is 28.9 Å². The van der Waals surface area contributed by atoms with Gasteiger partial charge in [-0.2, -0.15) is 5.26 Å². The van der Waals surface area contributed by atoms with Gasteiger partial charge in [0.15, 0.2) is 0 Å². The minimum Gasteiger partial charge on any atom is -0.496 e. The van der Waals surface area contributed by atoms with Crippen molar-refractivity contribution in [3.63, 3.8) is 0 Å². The largest absolute Gasteiger partial charge is 0.496 e. The van der Waals surface area contributed by atoms with Crippen LogP contribution in [-0.2, 0) is 5.41 Å². The molecule has 0 aliphatic rings. The number of ether oxygens (including phenoxy) is 1. The Bertz CT molecular complexity index is 673. The molecule has 0 aliphatic carbocycles. The van der Waals surface area contributed by atoms with Crippen molar-refractivity contribution in [2.45, 2.75) is 26.2 Å². The van der Waals surface area contributed by atoms with Gasteiger partial charge in [0.25, 0.3) is 0 Å². The second-order valence-corrected chi connectivity index (χ2v) is 5.67. The predicted molar refractivity (Wildman–Crippen MR) is 78.5 cm³/mol. The molecule has 2 rings (SSSR count). The Kier molecular flexibility index (Phi) is 3.46. The molecule has 1 heterocycles. The average molecular weight is 270 g/mol. The minimum atomic E-state index is -0.0660. The molecule has 4 heteroatoms. The molecule has 0 amide bonds.